The number of aliphatic hydroxyl groups is 2. The standard InChI is InChI=1S/C11H18INO2/c12-10-3-1-9(2-4-10)5-6-11(13,7-14)8-15/h1-3,10,14-15H,4-8,13H2. The highest BCUT2D eigenvalue weighted by atomic mass is 127. The van der Waals surface area contributed by atoms with E-state index >= 15 is 0 Å². The summed E-state index contributed by atoms with van der Waals surface area (Å²) in [7, 11) is 0. The minimum absolute atomic E-state index is 0.171. The van der Waals surface area contributed by atoms with Gasteiger partial charge in [-0.1, -0.05) is 46.4 Å². The van der Waals surface area contributed by atoms with Gasteiger partial charge in [-0.2, -0.15) is 0 Å². The van der Waals surface area contributed by atoms with Crippen LogP contribution in [0, 0.1) is 0 Å². The van der Waals surface area contributed by atoms with Crippen LogP contribution in [0.1, 0.15) is 19.3 Å². The van der Waals surface area contributed by atoms with Gasteiger partial charge in [0.15, 0.2) is 0 Å². The van der Waals surface area contributed by atoms with Gasteiger partial charge in [-0.25, -0.2) is 0 Å². The SMILES string of the molecule is NC(CO)(CO)CCC1=CCC(I)C=C1. The predicted octanol–water partition coefficient (Wildman–Crippen LogP) is 1.14. The first-order valence-electron chi connectivity index (χ1n) is 5.11. The molecular weight excluding hydrogens is 305 g/mol. The first-order valence-corrected chi connectivity index (χ1v) is 6.36. The quantitative estimate of drug-likeness (QED) is 0.525. The summed E-state index contributed by atoms with van der Waals surface area (Å²) in [5, 5.41) is 18.1. The summed E-state index contributed by atoms with van der Waals surface area (Å²) in [4.78, 5) is 0. The van der Waals surface area contributed by atoms with Crippen molar-refractivity contribution >= 4 is 22.6 Å². The molecule has 1 aliphatic rings. The Bertz CT molecular complexity index is 259. The van der Waals surface area contributed by atoms with Crippen LogP contribution in [0.15, 0.2) is 23.8 Å². The number of hydrogen-bond acceptors (Lipinski definition) is 3. The highest BCUT2D eigenvalue weighted by Gasteiger charge is 2.22. The molecule has 0 amide bonds. The maximum atomic E-state index is 9.03. The van der Waals surface area contributed by atoms with Crippen molar-refractivity contribution in [2.24, 2.45) is 5.73 Å². The van der Waals surface area contributed by atoms with Crippen LogP contribution in [-0.2, 0) is 0 Å². The Hall–Kier alpha value is 0.0900. The average Bonchev–Trinajstić information content (AvgIpc) is 2.28. The van der Waals surface area contributed by atoms with Crippen LogP contribution in [0.25, 0.3) is 0 Å². The molecule has 1 atom stereocenters. The number of rotatable bonds is 5. The predicted molar refractivity (Wildman–Crippen MR) is 70.0 cm³/mol. The van der Waals surface area contributed by atoms with Gasteiger partial charge in [0, 0.05) is 3.92 Å². The Kier molecular flexibility index (Phi) is 5.25. The number of aliphatic hydroxyl groups excluding tert-OH is 2. The van der Waals surface area contributed by atoms with Crippen LogP contribution in [0.2, 0.25) is 0 Å². The molecule has 1 aliphatic carbocycles. The van der Waals surface area contributed by atoms with E-state index in [2.05, 4.69) is 40.8 Å². The molecule has 0 saturated heterocycles. The lowest BCUT2D eigenvalue weighted by Crippen LogP contribution is -2.47. The molecule has 15 heavy (non-hydrogen) atoms. The van der Waals surface area contributed by atoms with Gasteiger partial charge in [0.05, 0.1) is 18.8 Å². The number of nitrogens with two attached hydrogens (primary N) is 1. The molecule has 1 rings (SSSR count). The van der Waals surface area contributed by atoms with Crippen molar-refractivity contribution in [3.05, 3.63) is 23.8 Å². The van der Waals surface area contributed by atoms with Crippen LogP contribution >= 0.6 is 22.6 Å². The fourth-order valence-corrected chi connectivity index (χ4v) is 1.89. The summed E-state index contributed by atoms with van der Waals surface area (Å²) >= 11 is 2.39. The van der Waals surface area contributed by atoms with Crippen molar-refractivity contribution in [2.75, 3.05) is 13.2 Å². The molecule has 0 spiro atoms. The molecule has 0 bridgehead atoms. The molecular formula is C11H18INO2. The summed E-state index contributed by atoms with van der Waals surface area (Å²) in [6.07, 6.45) is 8.97. The number of alkyl halides is 1. The first-order chi connectivity index (χ1) is 7.09. The molecule has 0 aromatic rings. The number of hydrogen-bond donors (Lipinski definition) is 3. The van der Waals surface area contributed by atoms with Crippen LogP contribution in [-0.4, -0.2) is 32.9 Å². The molecule has 0 radical (unpaired) electrons. The van der Waals surface area contributed by atoms with Crippen LogP contribution in [0.3, 0.4) is 0 Å². The second-order valence-electron chi connectivity index (χ2n) is 4.07. The third-order valence-electron chi connectivity index (χ3n) is 2.67. The van der Waals surface area contributed by atoms with Crippen LogP contribution in [0.4, 0.5) is 0 Å². The van der Waals surface area contributed by atoms with Crippen molar-refractivity contribution in [2.45, 2.75) is 28.7 Å². The van der Waals surface area contributed by atoms with E-state index < -0.39 is 5.54 Å². The van der Waals surface area contributed by atoms with Crippen molar-refractivity contribution in [1.29, 1.82) is 0 Å². The summed E-state index contributed by atoms with van der Waals surface area (Å²) in [6.45, 7) is -0.342. The Morgan fingerprint density at radius 1 is 1.47 bits per heavy atom. The van der Waals surface area contributed by atoms with Crippen molar-refractivity contribution in [3.63, 3.8) is 0 Å². The highest BCUT2D eigenvalue weighted by Crippen LogP contribution is 2.22. The third-order valence-corrected chi connectivity index (χ3v) is 3.59. The number of halogens is 1. The molecule has 3 nitrogen and oxygen atoms in total. The molecule has 0 saturated carbocycles. The van der Waals surface area contributed by atoms with E-state index in [1.807, 2.05) is 0 Å². The fourth-order valence-electron chi connectivity index (χ4n) is 1.43. The molecule has 86 valence electrons. The van der Waals surface area contributed by atoms with Crippen molar-refractivity contribution in [1.82, 2.24) is 0 Å². The van der Waals surface area contributed by atoms with Crippen molar-refractivity contribution in [3.8, 4) is 0 Å². The second kappa shape index (κ2) is 5.98. The minimum atomic E-state index is -0.837. The van der Waals surface area contributed by atoms with E-state index in [-0.39, 0.29) is 13.2 Å². The summed E-state index contributed by atoms with van der Waals surface area (Å²) in [5.41, 5.74) is 6.20. The smallest absolute Gasteiger partial charge is 0.0633 e. The molecule has 0 aromatic heterocycles. The lowest BCUT2D eigenvalue weighted by Gasteiger charge is -2.25. The van der Waals surface area contributed by atoms with E-state index in [0.717, 1.165) is 12.8 Å². The van der Waals surface area contributed by atoms with Crippen LogP contribution < -0.4 is 5.73 Å². The Morgan fingerprint density at radius 2 is 2.13 bits per heavy atom. The van der Waals surface area contributed by atoms with Gasteiger partial charge < -0.3 is 15.9 Å². The van der Waals surface area contributed by atoms with E-state index in [1.165, 1.54) is 5.57 Å². The van der Waals surface area contributed by atoms with Gasteiger partial charge in [-0.3, -0.25) is 0 Å². The normalized spacial score (nSPS) is 21.6. The summed E-state index contributed by atoms with van der Waals surface area (Å²) in [6, 6.07) is 0. The molecule has 0 aliphatic heterocycles. The van der Waals surface area contributed by atoms with E-state index in [0.29, 0.717) is 10.3 Å². The Labute approximate surface area is 104 Å². The maximum absolute atomic E-state index is 9.03. The van der Waals surface area contributed by atoms with Gasteiger partial charge in [0.1, 0.15) is 0 Å². The van der Waals surface area contributed by atoms with Gasteiger partial charge in [-0.15, -0.1) is 0 Å². The molecule has 0 heterocycles. The lowest BCUT2D eigenvalue weighted by atomic mass is 9.92. The third kappa shape index (κ3) is 4.22. The van der Waals surface area contributed by atoms with E-state index in [1.54, 1.807) is 0 Å². The van der Waals surface area contributed by atoms with Gasteiger partial charge in [-0.05, 0) is 19.3 Å². The second-order valence-corrected chi connectivity index (χ2v) is 5.67. The van der Waals surface area contributed by atoms with Gasteiger partial charge in [0.2, 0.25) is 0 Å². The zero-order valence-corrected chi connectivity index (χ0v) is 10.9. The van der Waals surface area contributed by atoms with Gasteiger partial charge >= 0.3 is 0 Å². The molecule has 1 unspecified atom stereocenters. The first kappa shape index (κ1) is 13.2. The number of allylic oxidation sites excluding steroid dienone is 4. The molecule has 4 N–H and O–H groups in total. The highest BCUT2D eigenvalue weighted by molar-refractivity contribution is 14.1. The zero-order chi connectivity index (χ0) is 11.3. The summed E-state index contributed by atoms with van der Waals surface area (Å²) in [5.74, 6) is 0. The zero-order valence-electron chi connectivity index (χ0n) is 8.69. The minimum Gasteiger partial charge on any atom is -0.394 e. The van der Waals surface area contributed by atoms with E-state index in [4.69, 9.17) is 15.9 Å². The average molecular weight is 323 g/mol. The topological polar surface area (TPSA) is 66.5 Å². The largest absolute Gasteiger partial charge is 0.394 e. The monoisotopic (exact) mass is 323 g/mol. The summed E-state index contributed by atoms with van der Waals surface area (Å²) < 4.78 is 0.588. The lowest BCUT2D eigenvalue weighted by molar-refractivity contribution is 0.115. The Balaban J connectivity index is 2.41. The van der Waals surface area contributed by atoms with Gasteiger partial charge in [0.25, 0.3) is 0 Å². The Morgan fingerprint density at radius 3 is 2.60 bits per heavy atom. The fraction of sp³-hybridized carbons (Fsp3) is 0.636. The molecule has 0 fully saturated rings. The van der Waals surface area contributed by atoms with E-state index in [9.17, 15) is 0 Å². The van der Waals surface area contributed by atoms with Crippen molar-refractivity contribution < 1.29 is 10.2 Å². The maximum Gasteiger partial charge on any atom is 0.0633 e. The molecule has 4 heteroatoms. The molecule has 0 aromatic carbocycles. The van der Waals surface area contributed by atoms with Crippen LogP contribution in [0.5, 0.6) is 0 Å².